The SMILES string of the molecule is C#CCCCCO.CCCC(F)[Si](O[Si](c1ccccc1)(c1ccccc1)C(F)CCC)(c1ccccc1)c1ccccc1. The van der Waals surface area contributed by atoms with E-state index in [0.717, 1.165) is 40.0 Å². The maximum absolute atomic E-state index is 16.9. The Morgan fingerprint density at radius 1 is 0.614 bits per heavy atom. The lowest BCUT2D eigenvalue weighted by Gasteiger charge is -2.46. The zero-order valence-electron chi connectivity index (χ0n) is 26.0. The van der Waals surface area contributed by atoms with E-state index in [9.17, 15) is 0 Å². The summed E-state index contributed by atoms with van der Waals surface area (Å²) in [7, 11) is -7.22. The molecule has 4 rings (SSSR count). The van der Waals surface area contributed by atoms with E-state index in [4.69, 9.17) is 15.6 Å². The Labute approximate surface area is 265 Å². The van der Waals surface area contributed by atoms with Crippen LogP contribution in [0.2, 0.25) is 0 Å². The lowest BCUT2D eigenvalue weighted by molar-refractivity contribution is 0.285. The van der Waals surface area contributed by atoms with Gasteiger partial charge in [0.05, 0.1) is 0 Å². The third-order valence-electron chi connectivity index (χ3n) is 7.83. The van der Waals surface area contributed by atoms with Crippen LogP contribution >= 0.6 is 0 Å². The Bertz CT molecular complexity index is 1190. The van der Waals surface area contributed by atoms with Gasteiger partial charge in [-0.15, -0.1) is 12.3 Å². The van der Waals surface area contributed by atoms with Crippen LogP contribution in [-0.2, 0) is 4.12 Å². The molecule has 0 bridgehead atoms. The summed E-state index contributed by atoms with van der Waals surface area (Å²) in [4.78, 5) is 0. The van der Waals surface area contributed by atoms with Gasteiger partial charge < -0.3 is 9.22 Å². The second-order valence-corrected chi connectivity index (χ2v) is 18.3. The fourth-order valence-electron chi connectivity index (χ4n) is 5.67. The fraction of sp³-hybridized carbons (Fsp3) is 0.316. The third kappa shape index (κ3) is 8.42. The van der Waals surface area contributed by atoms with Crippen LogP contribution in [0, 0.1) is 12.3 Å². The van der Waals surface area contributed by atoms with Gasteiger partial charge in [0.2, 0.25) is 0 Å². The summed E-state index contributed by atoms with van der Waals surface area (Å²) >= 11 is 0. The summed E-state index contributed by atoms with van der Waals surface area (Å²) in [6.07, 6.45) is 9.59. The number of hydrogen-bond donors (Lipinski definition) is 1. The van der Waals surface area contributed by atoms with E-state index in [1.807, 2.05) is 135 Å². The van der Waals surface area contributed by atoms with Gasteiger partial charge in [0, 0.05) is 13.0 Å². The zero-order valence-corrected chi connectivity index (χ0v) is 28.0. The molecule has 0 aliphatic rings. The van der Waals surface area contributed by atoms with E-state index < -0.39 is 28.2 Å². The standard InChI is InChI=1S/C32H36F2OSi2.C6H10O/c1-3-17-31(33)36(27-19-9-5-10-20-27,28-21-11-6-12-22-28)35-37(32(34)18-4-2,29-23-13-7-14-24-29)30-25-15-8-16-26-30;1-2-3-4-5-6-7/h5-16,19-26,31-32H,3-4,17-18H2,1-2H3;1,7H,3-6H2. The number of terminal acetylenes is 1. The molecule has 0 amide bonds. The first kappa shape index (κ1) is 35.1. The maximum atomic E-state index is 16.9. The van der Waals surface area contributed by atoms with Gasteiger partial charge in [-0.25, -0.2) is 8.78 Å². The van der Waals surface area contributed by atoms with Gasteiger partial charge in [-0.3, -0.25) is 0 Å². The lowest BCUT2D eigenvalue weighted by Crippen LogP contribution is -2.79. The van der Waals surface area contributed by atoms with Gasteiger partial charge in [-0.1, -0.05) is 148 Å². The van der Waals surface area contributed by atoms with Gasteiger partial charge in [0.15, 0.2) is 0 Å². The molecule has 2 nitrogen and oxygen atoms in total. The summed E-state index contributed by atoms with van der Waals surface area (Å²) in [6, 6.07) is 39.1. The highest BCUT2D eigenvalue weighted by atomic mass is 28.4. The summed E-state index contributed by atoms with van der Waals surface area (Å²) in [6.45, 7) is 4.26. The molecule has 0 aromatic heterocycles. The molecule has 0 saturated carbocycles. The molecule has 0 aliphatic heterocycles. The van der Waals surface area contributed by atoms with Crippen LogP contribution < -0.4 is 20.7 Å². The normalized spacial score (nSPS) is 12.8. The largest absolute Gasteiger partial charge is 0.439 e. The van der Waals surface area contributed by atoms with Crippen LogP contribution in [0.25, 0.3) is 0 Å². The zero-order chi connectivity index (χ0) is 31.7. The topological polar surface area (TPSA) is 29.5 Å². The highest BCUT2D eigenvalue weighted by Gasteiger charge is 2.58. The summed E-state index contributed by atoms with van der Waals surface area (Å²) in [5.74, 6) is 0.0107. The van der Waals surface area contributed by atoms with Gasteiger partial charge in [-0.2, -0.15) is 0 Å². The van der Waals surface area contributed by atoms with Crippen LogP contribution in [0.5, 0.6) is 0 Å². The maximum Gasteiger partial charge on any atom is 0.280 e. The predicted molar refractivity (Wildman–Crippen MR) is 186 cm³/mol. The van der Waals surface area contributed by atoms with Crippen LogP contribution in [-0.4, -0.2) is 39.9 Å². The Balaban J connectivity index is 0.000000676. The van der Waals surface area contributed by atoms with Crippen molar-refractivity contribution in [3.63, 3.8) is 0 Å². The predicted octanol–water partition coefficient (Wildman–Crippen LogP) is 6.66. The van der Waals surface area contributed by atoms with Gasteiger partial charge in [0.25, 0.3) is 16.6 Å². The lowest BCUT2D eigenvalue weighted by atomic mass is 10.2. The average molecular weight is 629 g/mol. The van der Waals surface area contributed by atoms with E-state index in [2.05, 4.69) is 5.92 Å². The van der Waals surface area contributed by atoms with Crippen molar-refractivity contribution in [3.05, 3.63) is 121 Å². The first-order valence-corrected chi connectivity index (χ1v) is 19.7. The number of rotatable bonds is 15. The molecular formula is C38H46F2O2Si2. The number of benzene rings is 4. The van der Waals surface area contributed by atoms with Crippen molar-refractivity contribution in [1.82, 2.24) is 0 Å². The van der Waals surface area contributed by atoms with Crippen LogP contribution in [0.1, 0.15) is 58.8 Å². The van der Waals surface area contributed by atoms with Crippen LogP contribution in [0.15, 0.2) is 121 Å². The molecule has 0 heterocycles. The van der Waals surface area contributed by atoms with E-state index in [1.54, 1.807) is 0 Å². The average Bonchev–Trinajstić information content (AvgIpc) is 3.08. The number of aliphatic hydroxyl groups is 1. The minimum atomic E-state index is -3.61. The van der Waals surface area contributed by atoms with E-state index >= 15 is 8.78 Å². The van der Waals surface area contributed by atoms with Crippen molar-refractivity contribution >= 4 is 37.4 Å². The molecule has 4 aromatic rings. The molecule has 0 saturated heterocycles. The molecule has 0 radical (unpaired) electrons. The molecule has 0 fully saturated rings. The van der Waals surface area contributed by atoms with Crippen molar-refractivity contribution in [2.75, 3.05) is 6.61 Å². The number of aliphatic hydroxyl groups excluding tert-OH is 1. The van der Waals surface area contributed by atoms with Crippen molar-refractivity contribution in [3.8, 4) is 12.3 Å². The Kier molecular flexibility index (Phi) is 14.7. The van der Waals surface area contributed by atoms with E-state index in [0.29, 0.717) is 25.7 Å². The molecule has 6 heteroatoms. The van der Waals surface area contributed by atoms with Crippen LogP contribution in [0.3, 0.4) is 0 Å². The second-order valence-electron chi connectivity index (χ2n) is 10.9. The molecule has 0 aliphatic carbocycles. The van der Waals surface area contributed by atoms with Crippen molar-refractivity contribution in [2.24, 2.45) is 0 Å². The molecule has 44 heavy (non-hydrogen) atoms. The molecule has 232 valence electrons. The quantitative estimate of drug-likeness (QED) is 0.0907. The molecule has 2 unspecified atom stereocenters. The molecule has 1 N–H and O–H groups in total. The van der Waals surface area contributed by atoms with E-state index in [-0.39, 0.29) is 6.61 Å². The first-order chi connectivity index (χ1) is 21.5. The molecular weight excluding hydrogens is 583 g/mol. The third-order valence-corrected chi connectivity index (χ3v) is 17.5. The Hall–Kier alpha value is -3.35. The number of alkyl halides is 2. The Morgan fingerprint density at radius 3 is 1.18 bits per heavy atom. The summed E-state index contributed by atoms with van der Waals surface area (Å²) < 4.78 is 41.4. The first-order valence-electron chi connectivity index (χ1n) is 15.8. The van der Waals surface area contributed by atoms with Gasteiger partial charge in [0.1, 0.15) is 11.6 Å². The fourth-order valence-corrected chi connectivity index (χ4v) is 16.9. The highest BCUT2D eigenvalue weighted by Crippen LogP contribution is 2.29. The van der Waals surface area contributed by atoms with Crippen molar-refractivity contribution in [1.29, 1.82) is 0 Å². The summed E-state index contributed by atoms with van der Waals surface area (Å²) in [5.41, 5.74) is 0. The minimum absolute atomic E-state index is 0.266. The van der Waals surface area contributed by atoms with E-state index in [1.165, 1.54) is 0 Å². The molecule has 4 aromatic carbocycles. The molecule has 0 spiro atoms. The highest BCUT2D eigenvalue weighted by molar-refractivity contribution is 7.10. The smallest absolute Gasteiger partial charge is 0.280 e. The molecule has 2 atom stereocenters. The Morgan fingerprint density at radius 2 is 0.932 bits per heavy atom. The van der Waals surface area contributed by atoms with Gasteiger partial charge in [-0.05, 0) is 46.4 Å². The number of halogens is 2. The minimum Gasteiger partial charge on any atom is -0.439 e. The van der Waals surface area contributed by atoms with Crippen molar-refractivity contribution < 1.29 is 18.0 Å². The number of unbranched alkanes of at least 4 members (excludes halogenated alkanes) is 2. The van der Waals surface area contributed by atoms with Crippen LogP contribution in [0.4, 0.5) is 8.78 Å². The van der Waals surface area contributed by atoms with Gasteiger partial charge >= 0.3 is 0 Å². The van der Waals surface area contributed by atoms with Crippen molar-refractivity contribution in [2.45, 2.75) is 70.4 Å². The second kappa shape index (κ2) is 18.5. The summed E-state index contributed by atoms with van der Waals surface area (Å²) in [5, 5.41) is 11.6. The monoisotopic (exact) mass is 628 g/mol. The number of hydrogen-bond acceptors (Lipinski definition) is 2.